The first-order valence-electron chi connectivity index (χ1n) is 13.5. The van der Waals surface area contributed by atoms with E-state index < -0.39 is 23.1 Å². The molecule has 3 N–H and O–H groups in total. The Kier molecular flexibility index (Phi) is 7.15. The zero-order valence-corrected chi connectivity index (χ0v) is 22.7. The largest absolute Gasteiger partial charge is 0.416 e. The summed E-state index contributed by atoms with van der Waals surface area (Å²) in [5.41, 5.74) is 1.46. The van der Waals surface area contributed by atoms with E-state index in [1.54, 1.807) is 19.1 Å². The van der Waals surface area contributed by atoms with E-state index in [9.17, 15) is 22.8 Å². The molecule has 2 aromatic carbocycles. The maximum Gasteiger partial charge on any atom is 0.416 e. The van der Waals surface area contributed by atoms with Crippen LogP contribution in [0.2, 0.25) is 0 Å². The molecule has 42 heavy (non-hydrogen) atoms. The Labute approximate surface area is 238 Å². The number of halogens is 3. The van der Waals surface area contributed by atoms with Crippen molar-refractivity contribution < 1.29 is 27.5 Å². The van der Waals surface area contributed by atoms with Gasteiger partial charge in [0.2, 0.25) is 5.91 Å². The van der Waals surface area contributed by atoms with Gasteiger partial charge in [0, 0.05) is 36.6 Å². The summed E-state index contributed by atoms with van der Waals surface area (Å²) in [6, 6.07) is 8.57. The van der Waals surface area contributed by atoms with E-state index in [2.05, 4.69) is 30.6 Å². The van der Waals surface area contributed by atoms with Gasteiger partial charge < -0.3 is 20.4 Å². The fourth-order valence-electron chi connectivity index (χ4n) is 5.22. The standard InChI is InChI=1S/C29H28F3N7O3/c1-17-2-3-18(12-22(17)38-27(41)28(6-7-28)24-23-25(35-15-33-23)36-16-34-24)26(40)37-20-5-4-19(21(13-20)29(30,31)32)14-39-8-10-42-11-9-39/h2-5,12-13,15-16H,6-11,14H2,1H3,(H,37,40)(H,38,41)(H,33,34,35,36). The first-order chi connectivity index (χ1) is 20.1. The molecule has 218 valence electrons. The Hall–Kier alpha value is -4.36. The van der Waals surface area contributed by atoms with Gasteiger partial charge in [0.05, 0.1) is 36.2 Å². The molecule has 10 nitrogen and oxygen atoms in total. The molecule has 2 fully saturated rings. The summed E-state index contributed by atoms with van der Waals surface area (Å²) in [4.78, 5) is 44.1. The lowest BCUT2D eigenvalue weighted by Gasteiger charge is -2.27. The second-order valence-electron chi connectivity index (χ2n) is 10.6. The smallest absolute Gasteiger partial charge is 0.379 e. The van der Waals surface area contributed by atoms with Crippen molar-refractivity contribution in [3.05, 3.63) is 77.0 Å². The molecule has 2 amide bonds. The molecular weight excluding hydrogens is 551 g/mol. The fraction of sp³-hybridized carbons (Fsp3) is 0.345. The zero-order valence-electron chi connectivity index (χ0n) is 22.7. The van der Waals surface area contributed by atoms with Gasteiger partial charge in [-0.15, -0.1) is 0 Å². The molecule has 1 saturated carbocycles. The zero-order chi connectivity index (χ0) is 29.5. The second-order valence-corrected chi connectivity index (χ2v) is 10.6. The minimum absolute atomic E-state index is 0.0217. The Bertz CT molecular complexity index is 1660. The molecule has 0 radical (unpaired) electrons. The Balaban J connectivity index is 1.20. The number of carbonyl (C=O) groups is 2. The highest BCUT2D eigenvalue weighted by Crippen LogP contribution is 2.49. The molecule has 0 spiro atoms. The number of ether oxygens (including phenoxy) is 1. The fourth-order valence-corrected chi connectivity index (χ4v) is 5.22. The number of imidazole rings is 1. The van der Waals surface area contributed by atoms with Crippen LogP contribution in [0.1, 0.15) is 45.6 Å². The van der Waals surface area contributed by atoms with Crippen molar-refractivity contribution >= 4 is 34.4 Å². The molecule has 0 unspecified atom stereocenters. The number of anilines is 2. The molecule has 4 aromatic rings. The van der Waals surface area contributed by atoms with E-state index in [-0.39, 0.29) is 29.3 Å². The van der Waals surface area contributed by atoms with Gasteiger partial charge in [-0.2, -0.15) is 13.2 Å². The van der Waals surface area contributed by atoms with Crippen LogP contribution in [0.5, 0.6) is 0 Å². The number of aryl methyl sites for hydroxylation is 1. The summed E-state index contributed by atoms with van der Waals surface area (Å²) in [5, 5.41) is 5.50. The molecule has 2 aromatic heterocycles. The Morgan fingerprint density at radius 3 is 2.57 bits per heavy atom. The van der Waals surface area contributed by atoms with Gasteiger partial charge in [-0.25, -0.2) is 15.0 Å². The lowest BCUT2D eigenvalue weighted by atomic mass is 9.99. The number of carbonyl (C=O) groups excluding carboxylic acids is 2. The van der Waals surface area contributed by atoms with Crippen molar-refractivity contribution in [2.45, 2.75) is 37.9 Å². The molecule has 1 saturated heterocycles. The van der Waals surface area contributed by atoms with E-state index in [0.717, 1.165) is 11.6 Å². The number of morpholine rings is 1. The number of H-pyrrole nitrogens is 1. The van der Waals surface area contributed by atoms with Crippen LogP contribution in [0.3, 0.4) is 0 Å². The van der Waals surface area contributed by atoms with Gasteiger partial charge in [0.25, 0.3) is 5.91 Å². The summed E-state index contributed by atoms with van der Waals surface area (Å²) >= 11 is 0. The summed E-state index contributed by atoms with van der Waals surface area (Å²) in [6.07, 6.45) is -0.535. The topological polar surface area (TPSA) is 125 Å². The van der Waals surface area contributed by atoms with Crippen molar-refractivity contribution in [1.82, 2.24) is 24.8 Å². The molecule has 13 heteroatoms. The number of benzene rings is 2. The number of hydrogen-bond donors (Lipinski definition) is 3. The molecule has 1 aliphatic carbocycles. The third-order valence-electron chi connectivity index (χ3n) is 7.78. The number of alkyl halides is 3. The van der Waals surface area contributed by atoms with Gasteiger partial charge in [0.15, 0.2) is 5.65 Å². The third kappa shape index (κ3) is 5.44. The second kappa shape index (κ2) is 10.8. The van der Waals surface area contributed by atoms with Crippen molar-refractivity contribution in [2.75, 3.05) is 36.9 Å². The number of aromatic amines is 1. The first-order valence-corrected chi connectivity index (χ1v) is 13.5. The van der Waals surface area contributed by atoms with Crippen LogP contribution in [-0.4, -0.2) is 63.0 Å². The number of nitrogens with zero attached hydrogens (tertiary/aromatic N) is 4. The van der Waals surface area contributed by atoms with Crippen LogP contribution >= 0.6 is 0 Å². The summed E-state index contributed by atoms with van der Waals surface area (Å²) in [5.74, 6) is -0.876. The number of hydrogen-bond acceptors (Lipinski definition) is 7. The number of fused-ring (bicyclic) bond motifs is 1. The first kappa shape index (κ1) is 27.8. The highest BCUT2D eigenvalue weighted by atomic mass is 19.4. The van der Waals surface area contributed by atoms with Crippen LogP contribution in [0.15, 0.2) is 49.1 Å². The lowest BCUT2D eigenvalue weighted by Crippen LogP contribution is -2.36. The average molecular weight is 580 g/mol. The average Bonchev–Trinajstić information content (AvgIpc) is 3.64. The predicted molar refractivity (Wildman–Crippen MR) is 148 cm³/mol. The minimum Gasteiger partial charge on any atom is -0.379 e. The summed E-state index contributed by atoms with van der Waals surface area (Å²) in [7, 11) is 0. The molecule has 6 rings (SSSR count). The van der Waals surface area contributed by atoms with Crippen LogP contribution in [-0.2, 0) is 27.7 Å². The van der Waals surface area contributed by atoms with Crippen molar-refractivity contribution in [2.24, 2.45) is 0 Å². The maximum atomic E-state index is 13.9. The maximum absolute atomic E-state index is 13.9. The normalized spacial score (nSPS) is 16.8. The molecule has 0 bridgehead atoms. The SMILES string of the molecule is Cc1ccc(C(=O)Nc2ccc(CN3CCOCC3)c(C(F)(F)F)c2)cc1NC(=O)C1(c2ncnc3nc[nH]c23)CC1. The molecule has 1 aliphatic heterocycles. The third-order valence-corrected chi connectivity index (χ3v) is 7.78. The Morgan fingerprint density at radius 2 is 1.83 bits per heavy atom. The van der Waals surface area contributed by atoms with E-state index in [1.165, 1.54) is 30.9 Å². The highest BCUT2D eigenvalue weighted by Gasteiger charge is 2.54. The van der Waals surface area contributed by atoms with Crippen LogP contribution in [0, 0.1) is 6.92 Å². The van der Waals surface area contributed by atoms with Crippen molar-refractivity contribution in [3.63, 3.8) is 0 Å². The quantitative estimate of drug-likeness (QED) is 0.296. The number of nitrogens with one attached hydrogen (secondary N) is 3. The van der Waals surface area contributed by atoms with E-state index in [4.69, 9.17) is 4.74 Å². The monoisotopic (exact) mass is 579 g/mol. The number of rotatable bonds is 7. The van der Waals surface area contributed by atoms with E-state index in [0.29, 0.717) is 61.7 Å². The van der Waals surface area contributed by atoms with Gasteiger partial charge in [-0.3, -0.25) is 14.5 Å². The van der Waals surface area contributed by atoms with Gasteiger partial charge in [-0.05, 0) is 55.2 Å². The van der Waals surface area contributed by atoms with Crippen molar-refractivity contribution in [3.8, 4) is 0 Å². The molecule has 0 atom stereocenters. The lowest BCUT2D eigenvalue weighted by molar-refractivity contribution is -0.138. The Morgan fingerprint density at radius 1 is 1.05 bits per heavy atom. The van der Waals surface area contributed by atoms with Crippen LogP contribution in [0.25, 0.3) is 11.2 Å². The number of aromatic nitrogens is 4. The van der Waals surface area contributed by atoms with Crippen molar-refractivity contribution in [1.29, 1.82) is 0 Å². The van der Waals surface area contributed by atoms with E-state index in [1.807, 2.05) is 4.90 Å². The molecule has 2 aliphatic rings. The molecular formula is C29H28F3N7O3. The minimum atomic E-state index is -4.59. The van der Waals surface area contributed by atoms with Gasteiger partial charge >= 0.3 is 6.18 Å². The van der Waals surface area contributed by atoms with Gasteiger partial charge in [-0.1, -0.05) is 12.1 Å². The molecule has 3 heterocycles. The summed E-state index contributed by atoms with van der Waals surface area (Å²) in [6.45, 7) is 3.98. The van der Waals surface area contributed by atoms with Crippen LogP contribution in [0.4, 0.5) is 24.5 Å². The highest BCUT2D eigenvalue weighted by molar-refractivity contribution is 6.07. The number of amides is 2. The summed E-state index contributed by atoms with van der Waals surface area (Å²) < 4.78 is 47.1. The van der Waals surface area contributed by atoms with Crippen LogP contribution < -0.4 is 10.6 Å². The predicted octanol–water partition coefficient (Wildman–Crippen LogP) is 4.43. The van der Waals surface area contributed by atoms with Gasteiger partial charge in [0.1, 0.15) is 11.8 Å². The van der Waals surface area contributed by atoms with E-state index >= 15 is 0 Å².